The van der Waals surface area contributed by atoms with Crippen LogP contribution in [0.15, 0.2) is 17.3 Å². The summed E-state index contributed by atoms with van der Waals surface area (Å²) in [5.74, 6) is 0. The number of aromatic nitrogens is 2. The first-order valence-corrected chi connectivity index (χ1v) is 5.57. The quantitative estimate of drug-likeness (QED) is 0.651. The van der Waals surface area contributed by atoms with Crippen molar-refractivity contribution in [2.75, 3.05) is 6.54 Å². The van der Waals surface area contributed by atoms with Crippen LogP contribution in [-0.2, 0) is 17.1 Å². The molecule has 0 atom stereocenters. The van der Waals surface area contributed by atoms with Gasteiger partial charge in [0.2, 0.25) is 10.0 Å². The second kappa shape index (κ2) is 4.03. The smallest absolute Gasteiger partial charge is 0.244 e. The molecule has 1 aromatic rings. The molecule has 0 amide bonds. The molecule has 14 heavy (non-hydrogen) atoms. The first-order valence-electron chi connectivity index (χ1n) is 3.68. The minimum atomic E-state index is -3.54. The molecule has 0 fully saturated rings. The molecule has 0 radical (unpaired) electrons. The largest absolute Gasteiger partial charge is 0.392 e. The molecule has 1 rings (SSSR count). The highest BCUT2D eigenvalue weighted by atomic mass is 32.2. The van der Waals surface area contributed by atoms with E-state index < -0.39 is 10.0 Å². The van der Waals surface area contributed by atoms with E-state index in [4.69, 9.17) is 5.73 Å². The third-order valence-electron chi connectivity index (χ3n) is 1.43. The average Bonchev–Trinajstić information content (AvgIpc) is 2.49. The van der Waals surface area contributed by atoms with Crippen LogP contribution in [0.2, 0.25) is 0 Å². The van der Waals surface area contributed by atoms with Gasteiger partial charge < -0.3 is 5.73 Å². The maximum Gasteiger partial charge on any atom is 0.244 e. The molecule has 8 heteroatoms. The summed E-state index contributed by atoms with van der Waals surface area (Å²) in [6.45, 7) is -0.0490. The number of nitrogens with one attached hydrogen (secondary N) is 1. The summed E-state index contributed by atoms with van der Waals surface area (Å²) < 4.78 is 26.6. The van der Waals surface area contributed by atoms with Crippen molar-refractivity contribution in [3.63, 3.8) is 0 Å². The maximum atomic E-state index is 11.5. The summed E-state index contributed by atoms with van der Waals surface area (Å²) in [7, 11) is -1.90. The van der Waals surface area contributed by atoms with E-state index in [1.807, 2.05) is 0 Å². The lowest BCUT2D eigenvalue weighted by molar-refractivity contribution is 0.586. The van der Waals surface area contributed by atoms with Crippen molar-refractivity contribution in [3.05, 3.63) is 12.4 Å². The number of hydrogen-bond acceptors (Lipinski definition) is 4. The molecule has 0 saturated heterocycles. The van der Waals surface area contributed by atoms with Gasteiger partial charge in [0.25, 0.3) is 0 Å². The minimum Gasteiger partial charge on any atom is -0.392 e. The molecule has 1 aromatic heterocycles. The fraction of sp³-hybridized carbons (Fsp3) is 0.333. The van der Waals surface area contributed by atoms with Crippen LogP contribution in [0.1, 0.15) is 0 Å². The number of thiocarbonyl (C=S) groups is 1. The average molecular weight is 234 g/mol. The highest BCUT2D eigenvalue weighted by Crippen LogP contribution is 2.04. The van der Waals surface area contributed by atoms with E-state index in [1.54, 1.807) is 7.05 Å². The molecule has 0 unspecified atom stereocenters. The highest BCUT2D eigenvalue weighted by molar-refractivity contribution is 7.89. The second-order valence-electron chi connectivity index (χ2n) is 2.64. The van der Waals surface area contributed by atoms with Gasteiger partial charge in [-0.2, -0.15) is 5.10 Å². The van der Waals surface area contributed by atoms with Gasteiger partial charge in [-0.25, -0.2) is 13.1 Å². The van der Waals surface area contributed by atoms with E-state index in [0.717, 1.165) is 0 Å². The molecular formula is C6H10N4O2S2. The van der Waals surface area contributed by atoms with Crippen molar-refractivity contribution in [1.29, 1.82) is 0 Å². The topological polar surface area (TPSA) is 90.0 Å². The molecule has 3 N–H and O–H groups in total. The molecular weight excluding hydrogens is 224 g/mol. The number of sulfonamides is 1. The van der Waals surface area contributed by atoms with Gasteiger partial charge in [-0.1, -0.05) is 12.2 Å². The first kappa shape index (κ1) is 11.1. The molecule has 0 bridgehead atoms. The van der Waals surface area contributed by atoms with Gasteiger partial charge in [-0.15, -0.1) is 0 Å². The lowest BCUT2D eigenvalue weighted by Crippen LogP contribution is -2.32. The van der Waals surface area contributed by atoms with Crippen LogP contribution in [0.4, 0.5) is 0 Å². The molecule has 0 aliphatic rings. The van der Waals surface area contributed by atoms with Crippen LogP contribution < -0.4 is 10.5 Å². The molecule has 6 nitrogen and oxygen atoms in total. The van der Waals surface area contributed by atoms with Gasteiger partial charge in [0.1, 0.15) is 4.90 Å². The Morgan fingerprint density at radius 2 is 2.43 bits per heavy atom. The van der Waals surface area contributed by atoms with E-state index in [0.29, 0.717) is 0 Å². The van der Waals surface area contributed by atoms with E-state index in [2.05, 4.69) is 22.0 Å². The Hall–Kier alpha value is -0.990. The Kier molecular flexibility index (Phi) is 3.19. The molecule has 1 heterocycles. The third-order valence-corrected chi connectivity index (χ3v) is 2.93. The number of aryl methyl sites for hydroxylation is 1. The van der Waals surface area contributed by atoms with Crippen molar-refractivity contribution in [2.24, 2.45) is 12.8 Å². The summed E-state index contributed by atoms with van der Waals surface area (Å²) in [5, 5.41) is 3.74. The zero-order chi connectivity index (χ0) is 10.8. The van der Waals surface area contributed by atoms with Crippen molar-refractivity contribution in [1.82, 2.24) is 14.5 Å². The van der Waals surface area contributed by atoms with Gasteiger partial charge in [-0.05, 0) is 0 Å². The SMILES string of the molecule is Cn1cc(S(=O)(=O)NCC(N)=S)cn1. The molecule has 0 spiro atoms. The second-order valence-corrected chi connectivity index (χ2v) is 4.93. The predicted molar refractivity (Wildman–Crippen MR) is 55.2 cm³/mol. The molecule has 0 saturated carbocycles. The zero-order valence-corrected chi connectivity index (χ0v) is 9.10. The van der Waals surface area contributed by atoms with Crippen LogP contribution in [0.3, 0.4) is 0 Å². The van der Waals surface area contributed by atoms with Crippen molar-refractivity contribution in [3.8, 4) is 0 Å². The Bertz CT molecular complexity index is 436. The van der Waals surface area contributed by atoms with Crippen LogP contribution in [0.5, 0.6) is 0 Å². The lowest BCUT2D eigenvalue weighted by Gasteiger charge is -2.01. The monoisotopic (exact) mass is 234 g/mol. The predicted octanol–water partition coefficient (Wildman–Crippen LogP) is -1.02. The van der Waals surface area contributed by atoms with E-state index in [1.165, 1.54) is 17.1 Å². The molecule has 0 aliphatic carbocycles. The highest BCUT2D eigenvalue weighted by Gasteiger charge is 2.15. The van der Waals surface area contributed by atoms with Crippen molar-refractivity contribution < 1.29 is 8.42 Å². The van der Waals surface area contributed by atoms with Gasteiger partial charge in [0.15, 0.2) is 0 Å². The zero-order valence-electron chi connectivity index (χ0n) is 7.47. The Balaban J connectivity index is 2.81. The van der Waals surface area contributed by atoms with Crippen LogP contribution >= 0.6 is 12.2 Å². The van der Waals surface area contributed by atoms with Crippen molar-refractivity contribution in [2.45, 2.75) is 4.90 Å². The minimum absolute atomic E-state index is 0.0490. The number of nitrogens with zero attached hydrogens (tertiary/aromatic N) is 2. The van der Waals surface area contributed by atoms with Gasteiger partial charge in [0, 0.05) is 13.2 Å². The van der Waals surface area contributed by atoms with Crippen LogP contribution in [0, 0.1) is 0 Å². The fourth-order valence-corrected chi connectivity index (χ4v) is 1.94. The van der Waals surface area contributed by atoms with Crippen LogP contribution in [0.25, 0.3) is 0 Å². The number of nitrogens with two attached hydrogens (primary N) is 1. The maximum absolute atomic E-state index is 11.5. The van der Waals surface area contributed by atoms with Crippen LogP contribution in [-0.4, -0.2) is 29.7 Å². The van der Waals surface area contributed by atoms with E-state index in [9.17, 15) is 8.42 Å². The summed E-state index contributed by atoms with van der Waals surface area (Å²) in [5.41, 5.74) is 5.17. The van der Waals surface area contributed by atoms with Crippen molar-refractivity contribution >= 4 is 27.2 Å². The lowest BCUT2D eigenvalue weighted by atomic mass is 10.7. The third kappa shape index (κ3) is 2.76. The van der Waals surface area contributed by atoms with Gasteiger partial charge in [-0.3, -0.25) is 4.68 Å². The summed E-state index contributed by atoms with van der Waals surface area (Å²) in [6, 6.07) is 0. The summed E-state index contributed by atoms with van der Waals surface area (Å²) in [4.78, 5) is 0.189. The summed E-state index contributed by atoms with van der Waals surface area (Å²) in [6.07, 6.45) is 2.64. The molecule has 0 aliphatic heterocycles. The Morgan fingerprint density at radius 3 is 2.86 bits per heavy atom. The Labute approximate surface area is 87.1 Å². The molecule has 78 valence electrons. The first-order chi connectivity index (χ1) is 6.42. The van der Waals surface area contributed by atoms with Gasteiger partial charge in [0.05, 0.1) is 17.7 Å². The fourth-order valence-electron chi connectivity index (χ4n) is 0.787. The van der Waals surface area contributed by atoms with E-state index >= 15 is 0 Å². The molecule has 0 aromatic carbocycles. The number of hydrogen-bond donors (Lipinski definition) is 2. The summed E-state index contributed by atoms with van der Waals surface area (Å²) >= 11 is 4.55. The normalized spacial score (nSPS) is 11.5. The number of rotatable bonds is 4. The van der Waals surface area contributed by atoms with Gasteiger partial charge >= 0.3 is 0 Å². The standard InChI is InChI=1S/C6H10N4O2S2/c1-10-4-5(2-8-10)14(11,12)9-3-6(7)13/h2,4,9H,3H2,1H3,(H2,7,13). The Morgan fingerprint density at radius 1 is 1.79 bits per heavy atom. The van der Waals surface area contributed by atoms with E-state index in [-0.39, 0.29) is 16.4 Å².